The van der Waals surface area contributed by atoms with Gasteiger partial charge in [0.1, 0.15) is 24.3 Å². The molecule has 0 bridgehead atoms. The monoisotopic (exact) mass is 519 g/mol. The molecule has 0 radical (unpaired) electrons. The number of hydrogen-bond donors (Lipinski definition) is 1. The Hall–Kier alpha value is -3.29. The van der Waals surface area contributed by atoms with E-state index in [0.29, 0.717) is 29.0 Å². The van der Waals surface area contributed by atoms with E-state index in [0.717, 1.165) is 4.31 Å². The number of aromatic nitrogens is 2. The number of fused-ring (bicyclic) bond motifs is 2. The minimum atomic E-state index is -3.72. The minimum Gasteiger partial charge on any atom is -0.456 e. The SMILES string of the molecule is CCn1c(COC(=O)C(C)N=C2NS(=O)(=O)c3ccccc32)nc2cc(S(=O)(=O)N(C)C)ccc21. The molecule has 0 aliphatic carbocycles. The molecule has 1 aromatic heterocycles. The summed E-state index contributed by atoms with van der Waals surface area (Å²) in [5.74, 6) is -0.130. The van der Waals surface area contributed by atoms with E-state index in [9.17, 15) is 21.6 Å². The quantitative estimate of drug-likeness (QED) is 0.466. The van der Waals surface area contributed by atoms with Crippen LogP contribution in [0.4, 0.5) is 0 Å². The molecule has 3 aromatic rings. The van der Waals surface area contributed by atoms with E-state index in [1.807, 2.05) is 11.5 Å². The number of nitrogens with zero attached hydrogens (tertiary/aromatic N) is 4. The number of imidazole rings is 1. The first-order valence-corrected chi connectivity index (χ1v) is 13.7. The number of ether oxygens (including phenoxy) is 1. The molecule has 1 aliphatic heterocycles. The van der Waals surface area contributed by atoms with Crippen LogP contribution in [0.2, 0.25) is 0 Å². The number of esters is 1. The van der Waals surface area contributed by atoms with Crippen molar-refractivity contribution >= 4 is 42.9 Å². The van der Waals surface area contributed by atoms with Crippen molar-refractivity contribution in [2.45, 2.75) is 42.8 Å². The van der Waals surface area contributed by atoms with Crippen LogP contribution in [0, 0.1) is 0 Å². The van der Waals surface area contributed by atoms with E-state index in [1.165, 1.54) is 39.2 Å². The fraction of sp³-hybridized carbons (Fsp3) is 0.318. The lowest BCUT2D eigenvalue weighted by atomic mass is 10.2. The Morgan fingerprint density at radius 2 is 1.94 bits per heavy atom. The molecule has 4 rings (SSSR count). The molecular formula is C22H25N5O6S2. The Balaban J connectivity index is 1.54. The van der Waals surface area contributed by atoms with Crippen molar-refractivity contribution in [3.63, 3.8) is 0 Å². The molecular weight excluding hydrogens is 494 g/mol. The van der Waals surface area contributed by atoms with Gasteiger partial charge in [0.25, 0.3) is 10.0 Å². The number of rotatable bonds is 7. The van der Waals surface area contributed by atoms with Crippen LogP contribution < -0.4 is 4.72 Å². The largest absolute Gasteiger partial charge is 0.456 e. The number of aliphatic imine (C=N–C) groups is 1. The van der Waals surface area contributed by atoms with Crippen LogP contribution in [-0.4, -0.2) is 62.6 Å². The van der Waals surface area contributed by atoms with Crippen LogP contribution in [-0.2, 0) is 42.7 Å². The van der Waals surface area contributed by atoms with Crippen molar-refractivity contribution in [3.8, 4) is 0 Å². The van der Waals surface area contributed by atoms with Crippen molar-refractivity contribution in [1.29, 1.82) is 0 Å². The fourth-order valence-electron chi connectivity index (χ4n) is 3.73. The van der Waals surface area contributed by atoms with Crippen LogP contribution in [0.25, 0.3) is 11.0 Å². The smallest absolute Gasteiger partial charge is 0.331 e. The molecule has 2 heterocycles. The van der Waals surface area contributed by atoms with Gasteiger partial charge in [-0.3, -0.25) is 9.71 Å². The lowest BCUT2D eigenvalue weighted by molar-refractivity contribution is -0.146. The molecule has 1 atom stereocenters. The standard InChI is InChI=1S/C22H25N5O6S2/c1-5-27-18-11-10-15(35(31,32)26(3)4)12-17(18)24-20(27)13-33-22(28)14(2)23-21-16-8-6-7-9-19(16)34(29,30)25-21/h6-12,14H,5,13H2,1-4H3,(H,23,25). The molecule has 1 aliphatic rings. The zero-order valence-electron chi connectivity index (χ0n) is 19.6. The Labute approximate surface area is 203 Å². The van der Waals surface area contributed by atoms with Gasteiger partial charge in [-0.2, -0.15) is 0 Å². The lowest BCUT2D eigenvalue weighted by Gasteiger charge is -2.11. The third kappa shape index (κ3) is 4.54. The van der Waals surface area contributed by atoms with Crippen LogP contribution in [0.5, 0.6) is 0 Å². The maximum Gasteiger partial charge on any atom is 0.331 e. The van der Waals surface area contributed by atoms with Gasteiger partial charge in [0.15, 0.2) is 0 Å². The van der Waals surface area contributed by atoms with E-state index in [-0.39, 0.29) is 22.2 Å². The summed E-state index contributed by atoms with van der Waals surface area (Å²) < 4.78 is 60.1. The van der Waals surface area contributed by atoms with Crippen LogP contribution in [0.15, 0.2) is 57.2 Å². The molecule has 0 saturated heterocycles. The van der Waals surface area contributed by atoms with Crippen molar-refractivity contribution in [2.24, 2.45) is 4.99 Å². The van der Waals surface area contributed by atoms with Crippen molar-refractivity contribution in [3.05, 3.63) is 53.9 Å². The number of sulfonamides is 2. The first kappa shape index (κ1) is 24.8. The average molecular weight is 520 g/mol. The first-order valence-electron chi connectivity index (χ1n) is 10.7. The highest BCUT2D eigenvalue weighted by Crippen LogP contribution is 2.24. The molecule has 0 saturated carbocycles. The molecule has 186 valence electrons. The molecule has 0 fully saturated rings. The second-order valence-corrected chi connectivity index (χ2v) is 11.9. The molecule has 1 N–H and O–H groups in total. The van der Waals surface area contributed by atoms with Gasteiger partial charge in [-0.1, -0.05) is 12.1 Å². The van der Waals surface area contributed by atoms with Gasteiger partial charge in [-0.25, -0.2) is 30.9 Å². The van der Waals surface area contributed by atoms with Gasteiger partial charge in [0.05, 0.1) is 20.8 Å². The fourth-order valence-corrected chi connectivity index (χ4v) is 5.89. The van der Waals surface area contributed by atoms with E-state index >= 15 is 0 Å². The molecule has 2 aromatic carbocycles. The summed E-state index contributed by atoms with van der Waals surface area (Å²) >= 11 is 0. The van der Waals surface area contributed by atoms with E-state index in [1.54, 1.807) is 24.3 Å². The Kier molecular flexibility index (Phi) is 6.42. The molecule has 13 heteroatoms. The molecule has 35 heavy (non-hydrogen) atoms. The number of aryl methyl sites for hydroxylation is 1. The lowest BCUT2D eigenvalue weighted by Crippen LogP contribution is -2.27. The number of benzene rings is 2. The summed E-state index contributed by atoms with van der Waals surface area (Å²) in [6, 6.07) is 10.1. The summed E-state index contributed by atoms with van der Waals surface area (Å²) in [6.45, 7) is 3.77. The zero-order chi connectivity index (χ0) is 25.5. The minimum absolute atomic E-state index is 0.0838. The Morgan fingerprint density at radius 1 is 1.23 bits per heavy atom. The van der Waals surface area contributed by atoms with E-state index < -0.39 is 32.1 Å². The van der Waals surface area contributed by atoms with Gasteiger partial charge in [-0.15, -0.1) is 0 Å². The molecule has 0 spiro atoms. The van der Waals surface area contributed by atoms with Crippen LogP contribution in [0.3, 0.4) is 0 Å². The van der Waals surface area contributed by atoms with Gasteiger partial charge >= 0.3 is 5.97 Å². The second kappa shape index (κ2) is 9.06. The maximum absolute atomic E-state index is 12.6. The summed E-state index contributed by atoms with van der Waals surface area (Å²) in [4.78, 5) is 21.5. The summed E-state index contributed by atoms with van der Waals surface area (Å²) in [5, 5.41) is 0. The van der Waals surface area contributed by atoms with Gasteiger partial charge < -0.3 is 9.30 Å². The highest BCUT2D eigenvalue weighted by atomic mass is 32.2. The second-order valence-electron chi connectivity index (χ2n) is 8.07. The van der Waals surface area contributed by atoms with Gasteiger partial charge in [0.2, 0.25) is 10.0 Å². The van der Waals surface area contributed by atoms with Gasteiger partial charge in [0, 0.05) is 26.2 Å². The summed E-state index contributed by atoms with van der Waals surface area (Å²) in [6.07, 6.45) is 0. The first-order chi connectivity index (χ1) is 16.5. The number of carbonyl (C=O) groups is 1. The Bertz CT molecular complexity index is 1560. The third-order valence-corrected chi connectivity index (χ3v) is 8.77. The average Bonchev–Trinajstić information content (AvgIpc) is 3.30. The maximum atomic E-state index is 12.6. The third-order valence-electron chi connectivity index (χ3n) is 5.56. The number of carbonyl (C=O) groups excluding carboxylic acids is 1. The predicted octanol–water partition coefficient (Wildman–Crippen LogP) is 1.48. The van der Waals surface area contributed by atoms with Crippen LogP contribution in [0.1, 0.15) is 25.2 Å². The molecule has 0 amide bonds. The summed E-state index contributed by atoms with van der Waals surface area (Å²) in [5.41, 5.74) is 1.57. The highest BCUT2D eigenvalue weighted by molar-refractivity contribution is 7.90. The normalized spacial score (nSPS) is 16.9. The molecule has 11 nitrogen and oxygen atoms in total. The van der Waals surface area contributed by atoms with Gasteiger partial charge in [-0.05, 0) is 44.2 Å². The van der Waals surface area contributed by atoms with E-state index in [4.69, 9.17) is 4.74 Å². The van der Waals surface area contributed by atoms with Crippen LogP contribution >= 0.6 is 0 Å². The summed E-state index contributed by atoms with van der Waals surface area (Å²) in [7, 11) is -4.43. The molecule has 1 unspecified atom stereocenters. The number of nitrogens with one attached hydrogen (secondary N) is 1. The number of amidine groups is 1. The zero-order valence-corrected chi connectivity index (χ0v) is 21.2. The number of hydrogen-bond acceptors (Lipinski definition) is 8. The Morgan fingerprint density at radius 3 is 2.63 bits per heavy atom. The van der Waals surface area contributed by atoms with Crippen molar-refractivity contribution < 1.29 is 26.4 Å². The topological polar surface area (TPSA) is 140 Å². The van der Waals surface area contributed by atoms with Crippen molar-refractivity contribution in [2.75, 3.05) is 14.1 Å². The predicted molar refractivity (Wildman–Crippen MR) is 129 cm³/mol. The van der Waals surface area contributed by atoms with E-state index in [2.05, 4.69) is 14.7 Å². The van der Waals surface area contributed by atoms with Crippen molar-refractivity contribution in [1.82, 2.24) is 18.6 Å². The highest BCUT2D eigenvalue weighted by Gasteiger charge is 2.31.